The Morgan fingerprint density at radius 1 is 1.18 bits per heavy atom. The number of hydrogen-bond acceptors (Lipinski definition) is 8. The zero-order chi connectivity index (χ0) is 24.0. The minimum atomic E-state index is -3.52. The Hall–Kier alpha value is -2.73. The zero-order valence-corrected chi connectivity index (χ0v) is 19.8. The lowest BCUT2D eigenvalue weighted by Gasteiger charge is -2.15. The van der Waals surface area contributed by atoms with Gasteiger partial charge in [0.25, 0.3) is 0 Å². The van der Waals surface area contributed by atoms with Crippen molar-refractivity contribution >= 4 is 44.0 Å². The van der Waals surface area contributed by atoms with Crippen LogP contribution in [0.2, 0.25) is 5.02 Å². The highest BCUT2D eigenvalue weighted by Gasteiger charge is 2.20. The molecule has 1 unspecified atom stereocenters. The van der Waals surface area contributed by atoms with Crippen molar-refractivity contribution in [2.45, 2.75) is 12.2 Å². The molecule has 0 fully saturated rings. The van der Waals surface area contributed by atoms with Crippen LogP contribution in [0.15, 0.2) is 36.7 Å². The predicted molar refractivity (Wildman–Crippen MR) is 125 cm³/mol. The van der Waals surface area contributed by atoms with Crippen LogP contribution in [0.5, 0.6) is 11.5 Å². The van der Waals surface area contributed by atoms with Crippen molar-refractivity contribution in [3.05, 3.63) is 47.5 Å². The Morgan fingerprint density at radius 3 is 2.70 bits per heavy atom. The van der Waals surface area contributed by atoms with Crippen LogP contribution in [0, 0.1) is 5.82 Å². The van der Waals surface area contributed by atoms with E-state index in [4.69, 9.17) is 25.8 Å². The van der Waals surface area contributed by atoms with E-state index in [0.29, 0.717) is 28.2 Å². The minimum Gasteiger partial charge on any atom is -0.493 e. The van der Waals surface area contributed by atoms with E-state index in [1.807, 2.05) is 0 Å². The summed E-state index contributed by atoms with van der Waals surface area (Å²) in [5, 5.41) is 2.78. The summed E-state index contributed by atoms with van der Waals surface area (Å²) in [6, 6.07) is 7.90. The number of rotatable bonds is 11. The van der Waals surface area contributed by atoms with Gasteiger partial charge in [-0.25, -0.2) is 27.5 Å². The smallest absolute Gasteiger partial charge is 0.216 e. The monoisotopic (exact) mass is 498 g/mol. The summed E-state index contributed by atoms with van der Waals surface area (Å²) in [7, 11) is -0.614. The molecule has 0 radical (unpaired) electrons. The van der Waals surface area contributed by atoms with Gasteiger partial charge in [-0.15, -0.1) is 0 Å². The van der Waals surface area contributed by atoms with E-state index >= 15 is 0 Å². The quantitative estimate of drug-likeness (QED) is 0.386. The van der Waals surface area contributed by atoms with Crippen LogP contribution in [-0.4, -0.2) is 57.6 Å². The molecule has 0 aliphatic heterocycles. The summed E-state index contributed by atoms with van der Waals surface area (Å²) in [5.41, 5.74) is 0.678. The highest BCUT2D eigenvalue weighted by atomic mass is 35.5. The lowest BCUT2D eigenvalue weighted by Crippen LogP contribution is -2.37. The fourth-order valence-electron chi connectivity index (χ4n) is 2.98. The maximum atomic E-state index is 14.3. The number of ether oxygens (including phenoxy) is 3. The molecular weight excluding hydrogens is 475 g/mol. The third kappa shape index (κ3) is 5.99. The SMILES string of the molecule is COCC(C)S(=O)(=O)NCCOc1cc2ncnc(Nc3cccc(Cl)c3F)c2cc1OC. The van der Waals surface area contributed by atoms with E-state index in [-0.39, 0.29) is 30.5 Å². The van der Waals surface area contributed by atoms with E-state index in [1.165, 1.54) is 26.6 Å². The van der Waals surface area contributed by atoms with Gasteiger partial charge in [-0.2, -0.15) is 0 Å². The summed E-state index contributed by atoms with van der Waals surface area (Å²) in [6.45, 7) is 1.76. The van der Waals surface area contributed by atoms with E-state index in [0.717, 1.165) is 0 Å². The second-order valence-electron chi connectivity index (χ2n) is 7.02. The van der Waals surface area contributed by atoms with Crippen LogP contribution >= 0.6 is 11.6 Å². The van der Waals surface area contributed by atoms with E-state index < -0.39 is 21.1 Å². The maximum absolute atomic E-state index is 14.3. The molecule has 0 bridgehead atoms. The molecule has 12 heteroatoms. The number of nitrogens with zero attached hydrogens (tertiary/aromatic N) is 2. The molecule has 0 spiro atoms. The predicted octanol–water partition coefficient (Wildman–Crippen LogP) is 3.51. The standard InChI is InChI=1S/C21H24ClFN4O5S/c1-13(11-30-2)33(28,29)26-7-8-32-19-10-17-14(9-18(19)31-3)21(25-12-24-17)27-16-6-4-5-15(22)20(16)23/h4-6,9-10,12-13,26H,7-8,11H2,1-3H3,(H,24,25,27). The summed E-state index contributed by atoms with van der Waals surface area (Å²) in [4.78, 5) is 8.44. The Labute approximate surface area is 196 Å². The number of fused-ring (bicyclic) bond motifs is 1. The first-order chi connectivity index (χ1) is 15.8. The first kappa shape index (κ1) is 24.9. The Bertz CT molecular complexity index is 1230. The molecular formula is C21H24ClFN4O5S. The van der Waals surface area contributed by atoms with Gasteiger partial charge in [0.15, 0.2) is 17.3 Å². The third-order valence-electron chi connectivity index (χ3n) is 4.72. The number of methoxy groups -OCH3 is 2. The van der Waals surface area contributed by atoms with Gasteiger partial charge in [0, 0.05) is 25.1 Å². The van der Waals surface area contributed by atoms with Gasteiger partial charge < -0.3 is 19.5 Å². The molecule has 0 amide bonds. The van der Waals surface area contributed by atoms with Gasteiger partial charge in [-0.1, -0.05) is 17.7 Å². The largest absolute Gasteiger partial charge is 0.493 e. The fourth-order valence-corrected chi connectivity index (χ4v) is 4.12. The molecule has 0 saturated heterocycles. The summed E-state index contributed by atoms with van der Waals surface area (Å²) < 4.78 is 57.1. The molecule has 2 aromatic carbocycles. The lowest BCUT2D eigenvalue weighted by molar-refractivity contribution is 0.200. The topological polar surface area (TPSA) is 112 Å². The zero-order valence-electron chi connectivity index (χ0n) is 18.3. The van der Waals surface area contributed by atoms with E-state index in [9.17, 15) is 12.8 Å². The van der Waals surface area contributed by atoms with Crippen LogP contribution in [0.3, 0.4) is 0 Å². The number of nitrogens with one attached hydrogen (secondary N) is 2. The van der Waals surface area contributed by atoms with Gasteiger partial charge in [0.1, 0.15) is 18.8 Å². The Balaban J connectivity index is 1.77. The van der Waals surface area contributed by atoms with Crippen molar-refractivity contribution in [3.8, 4) is 11.5 Å². The van der Waals surface area contributed by atoms with Gasteiger partial charge in [0.2, 0.25) is 10.0 Å². The minimum absolute atomic E-state index is 0.0149. The van der Waals surface area contributed by atoms with Crippen molar-refractivity contribution < 1.29 is 27.0 Å². The molecule has 0 aliphatic carbocycles. The fraction of sp³-hybridized carbons (Fsp3) is 0.333. The number of sulfonamides is 1. The van der Waals surface area contributed by atoms with Gasteiger partial charge in [-0.3, -0.25) is 0 Å². The summed E-state index contributed by atoms with van der Waals surface area (Å²) in [5.74, 6) is 0.501. The lowest BCUT2D eigenvalue weighted by atomic mass is 10.2. The number of anilines is 2. The molecule has 1 aromatic heterocycles. The molecule has 3 rings (SSSR count). The number of halogens is 2. The molecule has 0 saturated carbocycles. The summed E-state index contributed by atoms with van der Waals surface area (Å²) in [6.07, 6.45) is 1.33. The maximum Gasteiger partial charge on any atom is 0.216 e. The van der Waals surface area contributed by atoms with Crippen LogP contribution in [0.25, 0.3) is 10.9 Å². The average Bonchev–Trinajstić information content (AvgIpc) is 2.79. The Kier molecular flexibility index (Phi) is 8.25. The molecule has 178 valence electrons. The van der Waals surface area contributed by atoms with Crippen molar-refractivity contribution in [1.82, 2.24) is 14.7 Å². The second-order valence-corrected chi connectivity index (χ2v) is 9.61. The molecule has 1 atom stereocenters. The first-order valence-corrected chi connectivity index (χ1v) is 11.8. The van der Waals surface area contributed by atoms with Crippen molar-refractivity contribution in [2.75, 3.05) is 39.3 Å². The number of aromatic nitrogens is 2. The van der Waals surface area contributed by atoms with Crippen molar-refractivity contribution in [1.29, 1.82) is 0 Å². The van der Waals surface area contributed by atoms with Gasteiger partial charge >= 0.3 is 0 Å². The average molecular weight is 499 g/mol. The van der Waals surface area contributed by atoms with E-state index in [2.05, 4.69) is 20.0 Å². The molecule has 2 N–H and O–H groups in total. The van der Waals surface area contributed by atoms with Gasteiger partial charge in [-0.05, 0) is 25.1 Å². The van der Waals surface area contributed by atoms with Crippen LogP contribution in [0.4, 0.5) is 15.9 Å². The number of hydrogen-bond donors (Lipinski definition) is 2. The van der Waals surface area contributed by atoms with E-state index in [1.54, 1.807) is 31.2 Å². The molecule has 3 aromatic rings. The summed E-state index contributed by atoms with van der Waals surface area (Å²) >= 11 is 5.85. The van der Waals surface area contributed by atoms with Crippen LogP contribution in [0.1, 0.15) is 6.92 Å². The highest BCUT2D eigenvalue weighted by Crippen LogP contribution is 2.35. The van der Waals surface area contributed by atoms with Crippen LogP contribution in [-0.2, 0) is 14.8 Å². The van der Waals surface area contributed by atoms with Crippen molar-refractivity contribution in [3.63, 3.8) is 0 Å². The highest BCUT2D eigenvalue weighted by molar-refractivity contribution is 7.90. The first-order valence-electron chi connectivity index (χ1n) is 9.90. The molecule has 9 nitrogen and oxygen atoms in total. The van der Waals surface area contributed by atoms with Crippen molar-refractivity contribution in [2.24, 2.45) is 0 Å². The molecule has 33 heavy (non-hydrogen) atoms. The molecule has 1 heterocycles. The normalized spacial score (nSPS) is 12.5. The second kappa shape index (κ2) is 10.9. The Morgan fingerprint density at radius 2 is 1.97 bits per heavy atom. The third-order valence-corrected chi connectivity index (χ3v) is 6.81. The molecule has 0 aliphatic rings. The number of benzene rings is 2. The van der Waals surface area contributed by atoms with Gasteiger partial charge in [0.05, 0.1) is 35.2 Å². The van der Waals surface area contributed by atoms with Crippen LogP contribution < -0.4 is 19.5 Å².